The van der Waals surface area contributed by atoms with Crippen LogP contribution in [0.15, 0.2) is 23.7 Å². The van der Waals surface area contributed by atoms with Crippen LogP contribution < -0.4 is 9.47 Å². The van der Waals surface area contributed by atoms with Crippen molar-refractivity contribution in [2.24, 2.45) is 5.92 Å². The van der Waals surface area contributed by atoms with Gasteiger partial charge in [-0.05, 0) is 50.4 Å². The molecule has 1 fully saturated rings. The fourth-order valence-corrected chi connectivity index (χ4v) is 5.77. The van der Waals surface area contributed by atoms with Gasteiger partial charge in [-0.2, -0.15) is 0 Å². The van der Waals surface area contributed by atoms with Gasteiger partial charge in [-0.15, -0.1) is 0 Å². The van der Waals surface area contributed by atoms with E-state index in [1.807, 2.05) is 6.07 Å². The van der Waals surface area contributed by atoms with Crippen molar-refractivity contribution < 1.29 is 18.9 Å². The van der Waals surface area contributed by atoms with Gasteiger partial charge in [0, 0.05) is 18.0 Å². The zero-order valence-electron chi connectivity index (χ0n) is 16.4. The number of fused-ring (bicyclic) bond motifs is 1. The fraction of sp³-hybridized carbons (Fsp3) is 0.619. The van der Waals surface area contributed by atoms with Crippen LogP contribution in [0.2, 0.25) is 0 Å². The van der Waals surface area contributed by atoms with E-state index in [2.05, 4.69) is 18.0 Å². The quantitative estimate of drug-likeness (QED) is 0.826. The van der Waals surface area contributed by atoms with E-state index in [1.165, 1.54) is 11.1 Å². The Morgan fingerprint density at radius 2 is 1.85 bits per heavy atom. The van der Waals surface area contributed by atoms with Crippen molar-refractivity contribution in [1.82, 2.24) is 4.90 Å². The van der Waals surface area contributed by atoms with Gasteiger partial charge in [0.1, 0.15) is 11.5 Å². The largest absolute Gasteiger partial charge is 0.498 e. The average Bonchev–Trinajstić information content (AvgIpc) is 2.68. The van der Waals surface area contributed by atoms with E-state index in [0.29, 0.717) is 12.0 Å². The second-order valence-corrected chi connectivity index (χ2v) is 7.61. The van der Waals surface area contributed by atoms with E-state index in [4.69, 9.17) is 18.9 Å². The molecule has 0 amide bonds. The summed E-state index contributed by atoms with van der Waals surface area (Å²) in [5.74, 6) is 4.09. The topological polar surface area (TPSA) is 40.2 Å². The predicted octanol–water partition coefficient (Wildman–Crippen LogP) is 3.12. The summed E-state index contributed by atoms with van der Waals surface area (Å²) in [5.41, 5.74) is 2.38. The third-order valence-corrected chi connectivity index (χ3v) is 6.82. The molecule has 5 nitrogen and oxygen atoms in total. The van der Waals surface area contributed by atoms with Crippen LogP contribution in [0.5, 0.6) is 11.5 Å². The van der Waals surface area contributed by atoms with Crippen LogP contribution in [0.4, 0.5) is 0 Å². The molecule has 1 saturated heterocycles. The Hall–Kier alpha value is -1.88. The number of nitrogens with zero attached hydrogens (tertiary/aromatic N) is 1. The molecule has 0 saturated carbocycles. The summed E-state index contributed by atoms with van der Waals surface area (Å²) in [4.78, 5) is 2.52. The first-order valence-electron chi connectivity index (χ1n) is 9.38. The molecule has 0 spiro atoms. The molecule has 5 heteroatoms. The predicted molar refractivity (Wildman–Crippen MR) is 99.7 cm³/mol. The summed E-state index contributed by atoms with van der Waals surface area (Å²) in [6, 6.07) is 4.74. The van der Waals surface area contributed by atoms with Gasteiger partial charge in [0.2, 0.25) is 0 Å². The van der Waals surface area contributed by atoms with Crippen LogP contribution >= 0.6 is 0 Å². The minimum absolute atomic E-state index is 0.205. The molecular weight excluding hydrogens is 330 g/mol. The van der Waals surface area contributed by atoms with Crippen molar-refractivity contribution in [1.29, 1.82) is 0 Å². The van der Waals surface area contributed by atoms with Gasteiger partial charge in [-0.25, -0.2) is 0 Å². The second kappa shape index (κ2) is 6.38. The monoisotopic (exact) mass is 359 g/mol. The summed E-state index contributed by atoms with van der Waals surface area (Å²) in [6.45, 7) is 1.03. The normalized spacial score (nSPS) is 30.3. The lowest BCUT2D eigenvalue weighted by atomic mass is 9.53. The maximum Gasteiger partial charge on any atom is 0.165 e. The highest BCUT2D eigenvalue weighted by atomic mass is 16.5. The Bertz CT molecular complexity index is 744. The molecule has 4 rings (SSSR count). The Morgan fingerprint density at radius 3 is 2.50 bits per heavy atom. The van der Waals surface area contributed by atoms with E-state index < -0.39 is 0 Å². The fourth-order valence-electron chi connectivity index (χ4n) is 5.77. The highest BCUT2D eigenvalue weighted by molar-refractivity contribution is 5.60. The van der Waals surface area contributed by atoms with Crippen LogP contribution in [0.3, 0.4) is 0 Å². The number of piperidine rings is 1. The zero-order chi connectivity index (χ0) is 18.5. The molecule has 1 aliphatic heterocycles. The molecule has 26 heavy (non-hydrogen) atoms. The maximum absolute atomic E-state index is 6.05. The number of methoxy groups -OCH3 is 4. The van der Waals surface area contributed by atoms with E-state index in [0.717, 1.165) is 55.2 Å². The van der Waals surface area contributed by atoms with Crippen LogP contribution in [0, 0.1) is 5.92 Å². The van der Waals surface area contributed by atoms with E-state index in [9.17, 15) is 0 Å². The lowest BCUT2D eigenvalue weighted by molar-refractivity contribution is -0.00567. The Morgan fingerprint density at radius 1 is 1.04 bits per heavy atom. The van der Waals surface area contributed by atoms with Crippen molar-refractivity contribution >= 4 is 0 Å². The van der Waals surface area contributed by atoms with Crippen LogP contribution in [0.25, 0.3) is 0 Å². The molecule has 3 aliphatic rings. The first-order chi connectivity index (χ1) is 12.6. The summed E-state index contributed by atoms with van der Waals surface area (Å²) >= 11 is 0. The minimum atomic E-state index is -0.205. The van der Waals surface area contributed by atoms with Crippen LogP contribution in [-0.2, 0) is 21.3 Å². The van der Waals surface area contributed by atoms with Crippen LogP contribution in [0.1, 0.15) is 30.4 Å². The molecule has 2 aliphatic carbocycles. The van der Waals surface area contributed by atoms with Gasteiger partial charge in [-0.1, -0.05) is 6.07 Å². The van der Waals surface area contributed by atoms with Crippen molar-refractivity contribution in [3.05, 3.63) is 34.8 Å². The summed E-state index contributed by atoms with van der Waals surface area (Å²) < 4.78 is 23.4. The molecule has 1 aromatic rings. The highest BCUT2D eigenvalue weighted by Crippen LogP contribution is 2.61. The lowest BCUT2D eigenvalue weighted by Gasteiger charge is -2.58. The molecule has 0 aromatic heterocycles. The minimum Gasteiger partial charge on any atom is -0.498 e. The van der Waals surface area contributed by atoms with E-state index in [-0.39, 0.29) is 5.41 Å². The molecule has 3 atom stereocenters. The maximum atomic E-state index is 6.05. The lowest BCUT2D eigenvalue weighted by Crippen LogP contribution is -2.61. The van der Waals surface area contributed by atoms with Gasteiger partial charge in [-0.3, -0.25) is 0 Å². The number of hydrogen-bond acceptors (Lipinski definition) is 5. The van der Waals surface area contributed by atoms with Gasteiger partial charge >= 0.3 is 0 Å². The van der Waals surface area contributed by atoms with Gasteiger partial charge < -0.3 is 23.8 Å². The Balaban J connectivity index is 2.05. The van der Waals surface area contributed by atoms with Crippen molar-refractivity contribution in [3.63, 3.8) is 0 Å². The number of likely N-dealkylation sites (N-methyl/N-ethyl adjacent to an activating group) is 1. The summed E-state index contributed by atoms with van der Waals surface area (Å²) in [5, 5.41) is 0. The van der Waals surface area contributed by atoms with E-state index in [1.54, 1.807) is 28.4 Å². The standard InChI is InChI=1S/C21H29NO4/c1-22-11-10-21-14(7-9-17(24-3)20(21)26-5)15(22)12-13-6-8-16(23-2)19(25-4)18(13)21/h6,8,14-15H,7,9-12H2,1-5H3. The molecule has 0 N–H and O–H groups in total. The Labute approximate surface area is 155 Å². The third kappa shape index (κ3) is 2.13. The highest BCUT2D eigenvalue weighted by Gasteiger charge is 2.59. The third-order valence-electron chi connectivity index (χ3n) is 6.82. The molecule has 1 aromatic carbocycles. The van der Waals surface area contributed by atoms with Crippen LogP contribution in [-0.4, -0.2) is 53.0 Å². The van der Waals surface area contributed by atoms with E-state index >= 15 is 0 Å². The smallest absolute Gasteiger partial charge is 0.165 e. The number of benzene rings is 1. The second-order valence-electron chi connectivity index (χ2n) is 7.61. The summed E-state index contributed by atoms with van der Waals surface area (Å²) in [7, 11) is 9.22. The first kappa shape index (κ1) is 17.5. The number of ether oxygens (including phenoxy) is 4. The van der Waals surface area contributed by atoms with Crippen molar-refractivity contribution in [2.45, 2.75) is 37.1 Å². The average molecular weight is 359 g/mol. The molecule has 1 heterocycles. The molecule has 0 radical (unpaired) electrons. The molecule has 3 unspecified atom stereocenters. The SMILES string of the molecule is COC1=C(OC)C23CCN(C)C(Cc4ccc(OC)c(OC)c42)C3CC1. The molecule has 2 bridgehead atoms. The molecule has 142 valence electrons. The zero-order valence-corrected chi connectivity index (χ0v) is 16.4. The number of likely N-dealkylation sites (tertiary alicyclic amines) is 1. The van der Waals surface area contributed by atoms with Gasteiger partial charge in [0.05, 0.1) is 33.9 Å². The van der Waals surface area contributed by atoms with Crippen molar-refractivity contribution in [3.8, 4) is 11.5 Å². The van der Waals surface area contributed by atoms with Crippen molar-refractivity contribution in [2.75, 3.05) is 42.0 Å². The molecular formula is C21H29NO4. The van der Waals surface area contributed by atoms with Gasteiger partial charge in [0.15, 0.2) is 11.5 Å². The first-order valence-corrected chi connectivity index (χ1v) is 9.38. The number of hydrogen-bond donors (Lipinski definition) is 0. The van der Waals surface area contributed by atoms with Gasteiger partial charge in [0.25, 0.3) is 0 Å². The summed E-state index contributed by atoms with van der Waals surface area (Å²) in [6.07, 6.45) is 4.07. The number of allylic oxidation sites excluding steroid dienone is 2. The number of rotatable bonds is 4. The Kier molecular flexibility index (Phi) is 4.30.